The molecule has 1 aliphatic rings. The molecule has 1 aliphatic heterocycles. The summed E-state index contributed by atoms with van der Waals surface area (Å²) in [6.45, 7) is 3.38. The summed E-state index contributed by atoms with van der Waals surface area (Å²) in [4.78, 5) is 14.4. The Balaban J connectivity index is 2.04. The molecule has 128 valence electrons. The molecule has 1 unspecified atom stereocenters. The third-order valence-corrected chi connectivity index (χ3v) is 5.19. The Morgan fingerprint density at radius 2 is 2.04 bits per heavy atom. The maximum absolute atomic E-state index is 12.1. The molecule has 5 nitrogen and oxygen atoms in total. The highest BCUT2D eigenvalue weighted by molar-refractivity contribution is 7.72. The monoisotopic (exact) mass is 347 g/mol. The summed E-state index contributed by atoms with van der Waals surface area (Å²) in [5.41, 5.74) is 0.707. The van der Waals surface area contributed by atoms with E-state index in [0.717, 1.165) is 30.2 Å². The van der Waals surface area contributed by atoms with Crippen molar-refractivity contribution in [2.24, 2.45) is 5.92 Å². The SMILES string of the molecule is CCOC(=O)C1CCCN(c2c([SH](=O)=O)ccc3ccccc23)C1. The summed E-state index contributed by atoms with van der Waals surface area (Å²) < 4.78 is 28.6. The highest BCUT2D eigenvalue weighted by atomic mass is 32.2. The van der Waals surface area contributed by atoms with Gasteiger partial charge in [-0.3, -0.25) is 4.79 Å². The van der Waals surface area contributed by atoms with Gasteiger partial charge in [0.25, 0.3) is 0 Å². The average molecular weight is 347 g/mol. The predicted molar refractivity (Wildman–Crippen MR) is 94.1 cm³/mol. The van der Waals surface area contributed by atoms with Crippen molar-refractivity contribution < 1.29 is 17.9 Å². The van der Waals surface area contributed by atoms with Crippen molar-refractivity contribution in [3.8, 4) is 0 Å². The molecular weight excluding hydrogens is 326 g/mol. The fraction of sp³-hybridized carbons (Fsp3) is 0.389. The van der Waals surface area contributed by atoms with Gasteiger partial charge in [-0.2, -0.15) is 0 Å². The van der Waals surface area contributed by atoms with Crippen LogP contribution in [0.4, 0.5) is 5.69 Å². The van der Waals surface area contributed by atoms with Crippen LogP contribution in [-0.4, -0.2) is 34.1 Å². The maximum Gasteiger partial charge on any atom is 0.310 e. The van der Waals surface area contributed by atoms with Gasteiger partial charge in [0.2, 0.25) is 0 Å². The molecule has 0 radical (unpaired) electrons. The summed E-state index contributed by atoms with van der Waals surface area (Å²) in [6, 6.07) is 11.2. The lowest BCUT2D eigenvalue weighted by Gasteiger charge is -2.34. The molecular formula is C18H21NO4S. The molecule has 2 aromatic carbocycles. The summed E-state index contributed by atoms with van der Waals surface area (Å²) >= 11 is 0. The Labute approximate surface area is 143 Å². The van der Waals surface area contributed by atoms with Crippen LogP contribution in [0.1, 0.15) is 19.8 Å². The van der Waals surface area contributed by atoms with Crippen molar-refractivity contribution in [2.75, 3.05) is 24.6 Å². The molecule has 0 bridgehead atoms. The Morgan fingerprint density at radius 1 is 1.25 bits per heavy atom. The van der Waals surface area contributed by atoms with Crippen LogP contribution in [0, 0.1) is 5.92 Å². The minimum atomic E-state index is -2.71. The number of ether oxygens (including phenoxy) is 1. The molecule has 3 rings (SSSR count). The van der Waals surface area contributed by atoms with Crippen molar-refractivity contribution in [3.63, 3.8) is 0 Å². The zero-order chi connectivity index (χ0) is 17.1. The number of nitrogens with zero attached hydrogens (tertiary/aromatic N) is 1. The summed E-state index contributed by atoms with van der Waals surface area (Å²) in [5, 5.41) is 1.89. The zero-order valence-electron chi connectivity index (χ0n) is 13.6. The minimum Gasteiger partial charge on any atom is -0.466 e. The van der Waals surface area contributed by atoms with E-state index >= 15 is 0 Å². The van der Waals surface area contributed by atoms with Crippen LogP contribution < -0.4 is 4.90 Å². The number of anilines is 1. The Morgan fingerprint density at radius 3 is 2.79 bits per heavy atom. The second-order valence-corrected chi connectivity index (χ2v) is 6.94. The van der Waals surface area contributed by atoms with E-state index in [9.17, 15) is 13.2 Å². The van der Waals surface area contributed by atoms with Crippen LogP contribution in [0.15, 0.2) is 41.3 Å². The van der Waals surface area contributed by atoms with Crippen LogP contribution in [0.3, 0.4) is 0 Å². The lowest BCUT2D eigenvalue weighted by Crippen LogP contribution is -2.39. The predicted octanol–water partition coefficient (Wildman–Crippen LogP) is 2.59. The van der Waals surface area contributed by atoms with Crippen LogP contribution in [0.5, 0.6) is 0 Å². The van der Waals surface area contributed by atoms with E-state index < -0.39 is 10.7 Å². The average Bonchev–Trinajstić information content (AvgIpc) is 2.61. The highest BCUT2D eigenvalue weighted by Gasteiger charge is 2.29. The normalized spacial score (nSPS) is 18.1. The first-order chi connectivity index (χ1) is 11.6. The number of piperidine rings is 1. The molecule has 6 heteroatoms. The van der Waals surface area contributed by atoms with Crippen LogP contribution >= 0.6 is 0 Å². The van der Waals surface area contributed by atoms with Crippen molar-refractivity contribution in [1.82, 2.24) is 0 Å². The van der Waals surface area contributed by atoms with Crippen LogP contribution in [-0.2, 0) is 20.2 Å². The van der Waals surface area contributed by atoms with E-state index in [0.29, 0.717) is 23.7 Å². The quantitative estimate of drug-likeness (QED) is 0.680. The zero-order valence-corrected chi connectivity index (χ0v) is 14.5. The third-order valence-electron chi connectivity index (χ3n) is 4.43. The van der Waals surface area contributed by atoms with Gasteiger partial charge in [0.15, 0.2) is 10.7 Å². The summed E-state index contributed by atoms with van der Waals surface area (Å²) in [6.07, 6.45) is 1.61. The molecule has 0 N–H and O–H groups in total. The first-order valence-electron chi connectivity index (χ1n) is 8.19. The van der Waals surface area contributed by atoms with E-state index in [1.807, 2.05) is 35.2 Å². The number of rotatable bonds is 4. The highest BCUT2D eigenvalue weighted by Crippen LogP contribution is 2.34. The van der Waals surface area contributed by atoms with E-state index in [1.54, 1.807) is 13.0 Å². The van der Waals surface area contributed by atoms with Gasteiger partial charge in [-0.25, -0.2) is 8.42 Å². The standard InChI is InChI=1S/C18H21NO4S/c1-2-23-18(20)14-7-5-11-19(12-14)17-15-8-4-3-6-13(15)9-10-16(17)24(21)22/h3-4,6,8-10,14,24H,2,5,7,11-12H2,1H3. The Bertz CT molecular complexity index is 823. The number of thiol groups is 1. The van der Waals surface area contributed by atoms with Crippen molar-refractivity contribution in [3.05, 3.63) is 36.4 Å². The van der Waals surface area contributed by atoms with Crippen LogP contribution in [0.2, 0.25) is 0 Å². The number of carbonyl (C=O) groups excluding carboxylic acids is 1. The first kappa shape index (κ1) is 16.8. The van der Waals surface area contributed by atoms with E-state index in [-0.39, 0.29) is 11.9 Å². The fourth-order valence-electron chi connectivity index (χ4n) is 3.36. The first-order valence-corrected chi connectivity index (χ1v) is 9.37. The molecule has 24 heavy (non-hydrogen) atoms. The number of hydrogen-bond acceptors (Lipinski definition) is 5. The molecule has 1 fully saturated rings. The number of fused-ring (bicyclic) bond motifs is 1. The molecule has 0 saturated carbocycles. The fourth-order valence-corrected chi connectivity index (χ4v) is 3.99. The van der Waals surface area contributed by atoms with Gasteiger partial charge in [0, 0.05) is 18.5 Å². The van der Waals surface area contributed by atoms with Gasteiger partial charge in [0.05, 0.1) is 23.1 Å². The van der Waals surface area contributed by atoms with Crippen molar-refractivity contribution >= 4 is 33.1 Å². The molecule has 0 amide bonds. The second-order valence-electron chi connectivity index (χ2n) is 5.95. The Kier molecular flexibility index (Phi) is 5.04. The lowest BCUT2D eigenvalue weighted by molar-refractivity contribution is -0.148. The smallest absolute Gasteiger partial charge is 0.310 e. The van der Waals surface area contributed by atoms with Gasteiger partial charge >= 0.3 is 5.97 Å². The van der Waals surface area contributed by atoms with Gasteiger partial charge in [0.1, 0.15) is 0 Å². The number of esters is 1. The molecule has 0 aliphatic carbocycles. The molecule has 0 spiro atoms. The van der Waals surface area contributed by atoms with E-state index in [1.165, 1.54) is 0 Å². The van der Waals surface area contributed by atoms with E-state index in [4.69, 9.17) is 4.74 Å². The lowest BCUT2D eigenvalue weighted by atomic mass is 9.96. The van der Waals surface area contributed by atoms with E-state index in [2.05, 4.69) is 0 Å². The van der Waals surface area contributed by atoms with Gasteiger partial charge in [-0.05, 0) is 31.2 Å². The van der Waals surface area contributed by atoms with Crippen LogP contribution in [0.25, 0.3) is 10.8 Å². The number of benzene rings is 2. The molecule has 1 atom stereocenters. The largest absolute Gasteiger partial charge is 0.466 e. The minimum absolute atomic E-state index is 0.199. The van der Waals surface area contributed by atoms with Gasteiger partial charge < -0.3 is 9.64 Å². The number of carbonyl (C=O) groups is 1. The summed E-state index contributed by atoms with van der Waals surface area (Å²) in [5.74, 6) is -0.412. The molecule has 2 aromatic rings. The third kappa shape index (κ3) is 3.24. The second kappa shape index (κ2) is 7.21. The molecule has 1 saturated heterocycles. The van der Waals surface area contributed by atoms with Crippen molar-refractivity contribution in [1.29, 1.82) is 0 Å². The maximum atomic E-state index is 12.1. The van der Waals surface area contributed by atoms with Gasteiger partial charge in [-0.15, -0.1) is 0 Å². The Hall–Kier alpha value is -2.08. The number of hydrogen-bond donors (Lipinski definition) is 1. The molecule has 0 aromatic heterocycles. The van der Waals surface area contributed by atoms with Gasteiger partial charge in [-0.1, -0.05) is 30.3 Å². The van der Waals surface area contributed by atoms with Crippen molar-refractivity contribution in [2.45, 2.75) is 24.7 Å². The molecule has 1 heterocycles. The summed E-state index contributed by atoms with van der Waals surface area (Å²) in [7, 11) is -2.71. The topological polar surface area (TPSA) is 63.7 Å².